The van der Waals surface area contributed by atoms with Gasteiger partial charge in [-0.25, -0.2) is 9.97 Å². The first-order valence-corrected chi connectivity index (χ1v) is 10.4. The number of thiazole rings is 1. The summed E-state index contributed by atoms with van der Waals surface area (Å²) in [5.74, 6) is 1.38. The average molecular weight is 404 g/mol. The number of fused-ring (bicyclic) bond motifs is 2. The van der Waals surface area contributed by atoms with E-state index in [1.165, 1.54) is 0 Å². The molecule has 146 valence electrons. The summed E-state index contributed by atoms with van der Waals surface area (Å²) >= 11 is 1.60. The number of nitrogens with zero attached hydrogens (tertiary/aromatic N) is 2. The molecule has 0 saturated carbocycles. The molecule has 0 saturated heterocycles. The predicted molar refractivity (Wildman–Crippen MR) is 112 cm³/mol. The Hall–Kier alpha value is -2.96. The predicted octanol–water partition coefficient (Wildman–Crippen LogP) is 4.56. The lowest BCUT2D eigenvalue weighted by atomic mass is 9.91. The second kappa shape index (κ2) is 7.81. The highest BCUT2D eigenvalue weighted by molar-refractivity contribution is 7.09. The van der Waals surface area contributed by atoms with Crippen molar-refractivity contribution in [3.63, 3.8) is 0 Å². The minimum atomic E-state index is -0.606. The summed E-state index contributed by atoms with van der Waals surface area (Å²) < 4.78 is 11.8. The molecule has 1 aliphatic heterocycles. The van der Waals surface area contributed by atoms with E-state index in [1.54, 1.807) is 17.5 Å². The molecule has 1 aliphatic rings. The Balaban J connectivity index is 1.31. The number of aliphatic hydroxyl groups excluding tert-OH is 1. The molecule has 2 unspecified atom stereocenters. The SMILES string of the molecule is OC1c2cc(OCc3ccc4ccccc4n3)ccc2OCC1Cc1nccs1. The first kappa shape index (κ1) is 18.1. The summed E-state index contributed by atoms with van der Waals surface area (Å²) in [5, 5.41) is 14.9. The summed E-state index contributed by atoms with van der Waals surface area (Å²) in [4.78, 5) is 8.96. The average Bonchev–Trinajstić information content (AvgIpc) is 3.27. The fourth-order valence-corrected chi connectivity index (χ4v) is 4.33. The maximum Gasteiger partial charge on any atom is 0.130 e. The van der Waals surface area contributed by atoms with E-state index >= 15 is 0 Å². The van der Waals surface area contributed by atoms with E-state index in [1.807, 2.05) is 53.9 Å². The van der Waals surface area contributed by atoms with E-state index in [4.69, 9.17) is 9.47 Å². The highest BCUT2D eigenvalue weighted by atomic mass is 32.1. The number of aliphatic hydroxyl groups is 1. The van der Waals surface area contributed by atoms with Gasteiger partial charge in [0.05, 0.1) is 28.9 Å². The number of benzene rings is 2. The van der Waals surface area contributed by atoms with E-state index in [-0.39, 0.29) is 5.92 Å². The zero-order chi connectivity index (χ0) is 19.6. The summed E-state index contributed by atoms with van der Waals surface area (Å²) in [7, 11) is 0. The number of rotatable bonds is 5. The van der Waals surface area contributed by atoms with Crippen LogP contribution in [0.25, 0.3) is 10.9 Å². The smallest absolute Gasteiger partial charge is 0.130 e. The van der Waals surface area contributed by atoms with Crippen LogP contribution in [0.4, 0.5) is 0 Å². The Bertz CT molecular complexity index is 1130. The summed E-state index contributed by atoms with van der Waals surface area (Å²) in [6, 6.07) is 17.6. The van der Waals surface area contributed by atoms with Crippen LogP contribution in [0.1, 0.15) is 22.4 Å². The van der Waals surface area contributed by atoms with Crippen molar-refractivity contribution < 1.29 is 14.6 Å². The largest absolute Gasteiger partial charge is 0.493 e. The van der Waals surface area contributed by atoms with E-state index in [2.05, 4.69) is 16.0 Å². The molecule has 2 aromatic heterocycles. The quantitative estimate of drug-likeness (QED) is 0.528. The molecule has 2 atom stereocenters. The zero-order valence-electron chi connectivity index (χ0n) is 15.7. The number of ether oxygens (including phenoxy) is 2. The van der Waals surface area contributed by atoms with Gasteiger partial charge < -0.3 is 14.6 Å². The number of hydrogen-bond donors (Lipinski definition) is 1. The lowest BCUT2D eigenvalue weighted by Gasteiger charge is -2.30. The van der Waals surface area contributed by atoms with Gasteiger partial charge in [-0.3, -0.25) is 0 Å². The molecule has 6 heteroatoms. The van der Waals surface area contributed by atoms with Gasteiger partial charge in [0.2, 0.25) is 0 Å². The van der Waals surface area contributed by atoms with Crippen molar-refractivity contribution in [3.05, 3.63) is 82.4 Å². The molecule has 4 aromatic rings. The van der Waals surface area contributed by atoms with Gasteiger partial charge in [0.15, 0.2) is 0 Å². The highest BCUT2D eigenvalue weighted by Gasteiger charge is 2.30. The maximum absolute atomic E-state index is 10.9. The molecule has 29 heavy (non-hydrogen) atoms. The van der Waals surface area contributed by atoms with Gasteiger partial charge in [0, 0.05) is 34.9 Å². The van der Waals surface area contributed by atoms with Gasteiger partial charge in [0.1, 0.15) is 18.1 Å². The molecule has 0 fully saturated rings. The molecule has 3 heterocycles. The Kier molecular flexibility index (Phi) is 4.87. The summed E-state index contributed by atoms with van der Waals surface area (Å²) in [6.45, 7) is 0.845. The number of hydrogen-bond acceptors (Lipinski definition) is 6. The van der Waals surface area contributed by atoms with Gasteiger partial charge in [-0.15, -0.1) is 11.3 Å². The first-order chi connectivity index (χ1) is 14.3. The Morgan fingerprint density at radius 1 is 1.14 bits per heavy atom. The van der Waals surface area contributed by atoms with Gasteiger partial charge in [0.25, 0.3) is 0 Å². The van der Waals surface area contributed by atoms with Crippen molar-refractivity contribution in [2.45, 2.75) is 19.1 Å². The minimum Gasteiger partial charge on any atom is -0.493 e. The number of para-hydroxylation sites is 1. The third-order valence-electron chi connectivity index (χ3n) is 5.16. The van der Waals surface area contributed by atoms with Crippen molar-refractivity contribution >= 4 is 22.2 Å². The van der Waals surface area contributed by atoms with Crippen molar-refractivity contribution in [1.82, 2.24) is 9.97 Å². The van der Waals surface area contributed by atoms with E-state index in [9.17, 15) is 5.11 Å². The fourth-order valence-electron chi connectivity index (χ4n) is 3.62. The Morgan fingerprint density at radius 2 is 2.07 bits per heavy atom. The van der Waals surface area contributed by atoms with Crippen LogP contribution in [-0.2, 0) is 13.0 Å². The molecular weight excluding hydrogens is 384 g/mol. The van der Waals surface area contributed by atoms with Crippen LogP contribution in [0.15, 0.2) is 66.2 Å². The standard InChI is InChI=1S/C23H20N2O3S/c26-23-16(11-22-24-9-10-29-22)13-28-21-8-7-18(12-19(21)23)27-14-17-6-5-15-3-1-2-4-20(15)25-17/h1-10,12,16,23,26H,11,13-14H2. The van der Waals surface area contributed by atoms with Crippen molar-refractivity contribution in [2.24, 2.45) is 5.92 Å². The second-order valence-corrected chi connectivity index (χ2v) is 8.11. The Morgan fingerprint density at radius 3 is 2.97 bits per heavy atom. The first-order valence-electron chi connectivity index (χ1n) is 9.57. The van der Waals surface area contributed by atoms with Crippen LogP contribution in [0.3, 0.4) is 0 Å². The normalized spacial score (nSPS) is 18.2. The van der Waals surface area contributed by atoms with E-state index in [0.717, 1.165) is 27.2 Å². The number of aromatic nitrogens is 2. The molecule has 0 aliphatic carbocycles. The van der Waals surface area contributed by atoms with Crippen LogP contribution in [0, 0.1) is 5.92 Å². The van der Waals surface area contributed by atoms with Gasteiger partial charge >= 0.3 is 0 Å². The third-order valence-corrected chi connectivity index (χ3v) is 5.96. The molecule has 0 radical (unpaired) electrons. The van der Waals surface area contributed by atoms with Gasteiger partial charge in [-0.1, -0.05) is 24.3 Å². The summed E-state index contributed by atoms with van der Waals surface area (Å²) in [6.07, 6.45) is 1.88. The minimum absolute atomic E-state index is 0.0222. The monoisotopic (exact) mass is 404 g/mol. The topological polar surface area (TPSA) is 64.5 Å². The van der Waals surface area contributed by atoms with E-state index in [0.29, 0.717) is 31.1 Å². The van der Waals surface area contributed by atoms with E-state index < -0.39 is 6.10 Å². The highest BCUT2D eigenvalue weighted by Crippen LogP contribution is 2.39. The molecule has 0 spiro atoms. The van der Waals surface area contributed by atoms with Gasteiger partial charge in [-0.05, 0) is 30.3 Å². The third kappa shape index (κ3) is 3.81. The molecule has 1 N–H and O–H groups in total. The molecule has 5 rings (SSSR count). The van der Waals surface area contributed by atoms with Crippen LogP contribution in [0.5, 0.6) is 11.5 Å². The zero-order valence-corrected chi connectivity index (χ0v) is 16.5. The second-order valence-electron chi connectivity index (χ2n) is 7.13. The van der Waals surface area contributed by atoms with Crippen molar-refractivity contribution in [3.8, 4) is 11.5 Å². The van der Waals surface area contributed by atoms with Crippen LogP contribution < -0.4 is 9.47 Å². The summed E-state index contributed by atoms with van der Waals surface area (Å²) in [5.41, 5.74) is 2.58. The molecular formula is C23H20N2O3S. The maximum atomic E-state index is 10.9. The molecule has 0 bridgehead atoms. The molecule has 0 amide bonds. The fraction of sp³-hybridized carbons (Fsp3) is 0.217. The van der Waals surface area contributed by atoms with Crippen LogP contribution >= 0.6 is 11.3 Å². The van der Waals surface area contributed by atoms with Crippen molar-refractivity contribution in [2.75, 3.05) is 6.61 Å². The van der Waals surface area contributed by atoms with Crippen LogP contribution in [-0.4, -0.2) is 21.7 Å². The molecule has 5 nitrogen and oxygen atoms in total. The lowest BCUT2D eigenvalue weighted by Crippen LogP contribution is -2.27. The molecule has 2 aromatic carbocycles. The van der Waals surface area contributed by atoms with Crippen molar-refractivity contribution in [1.29, 1.82) is 0 Å². The number of pyridine rings is 1. The Labute approximate surface area is 172 Å². The lowest BCUT2D eigenvalue weighted by molar-refractivity contribution is 0.0504. The van der Waals surface area contributed by atoms with Gasteiger partial charge in [-0.2, -0.15) is 0 Å². The van der Waals surface area contributed by atoms with Crippen LogP contribution in [0.2, 0.25) is 0 Å².